The van der Waals surface area contributed by atoms with E-state index < -0.39 is 0 Å². The zero-order chi connectivity index (χ0) is 13.7. The second-order valence-electron chi connectivity index (χ2n) is 3.98. The predicted octanol–water partition coefficient (Wildman–Crippen LogP) is 1.33. The summed E-state index contributed by atoms with van der Waals surface area (Å²) in [7, 11) is 0. The van der Waals surface area contributed by atoms with Crippen LogP contribution in [0.3, 0.4) is 0 Å². The van der Waals surface area contributed by atoms with Crippen molar-refractivity contribution in [3.63, 3.8) is 0 Å². The molecule has 0 radical (unpaired) electrons. The van der Waals surface area contributed by atoms with E-state index in [4.69, 9.17) is 17.3 Å². The van der Waals surface area contributed by atoms with Gasteiger partial charge in [-0.25, -0.2) is 4.98 Å². The average Bonchev–Trinajstić information content (AvgIpc) is 2.86. The molecule has 0 saturated carbocycles. The molecule has 19 heavy (non-hydrogen) atoms. The Hall–Kier alpha value is -2.08. The van der Waals surface area contributed by atoms with E-state index in [2.05, 4.69) is 15.4 Å². The molecule has 0 saturated heterocycles. The van der Waals surface area contributed by atoms with Crippen molar-refractivity contribution < 1.29 is 4.79 Å². The Bertz CT molecular complexity index is 535. The van der Waals surface area contributed by atoms with Crippen LogP contribution < -0.4 is 11.1 Å². The highest BCUT2D eigenvalue weighted by molar-refractivity contribution is 6.29. The normalized spacial score (nSPS) is 10.4. The van der Waals surface area contributed by atoms with E-state index in [1.54, 1.807) is 6.20 Å². The fourth-order valence-corrected chi connectivity index (χ4v) is 1.84. The molecular formula is C12H14ClN5O. The molecule has 6 nitrogen and oxygen atoms in total. The van der Waals surface area contributed by atoms with Crippen LogP contribution in [0.25, 0.3) is 0 Å². The first-order valence-corrected chi connectivity index (χ1v) is 6.21. The van der Waals surface area contributed by atoms with E-state index in [0.29, 0.717) is 12.1 Å². The highest BCUT2D eigenvalue weighted by Crippen LogP contribution is 2.11. The lowest BCUT2D eigenvalue weighted by molar-refractivity contribution is 0.0952. The van der Waals surface area contributed by atoms with Crippen molar-refractivity contribution in [3.8, 4) is 0 Å². The number of anilines is 1. The maximum Gasteiger partial charge on any atom is 0.251 e. The molecule has 0 spiro atoms. The van der Waals surface area contributed by atoms with Crippen molar-refractivity contribution in [2.75, 3.05) is 12.3 Å². The number of amides is 1. The molecular weight excluding hydrogens is 266 g/mol. The van der Waals surface area contributed by atoms with Crippen LogP contribution in [-0.2, 0) is 6.54 Å². The van der Waals surface area contributed by atoms with Crippen LogP contribution in [0.5, 0.6) is 0 Å². The molecule has 2 rings (SSSR count). The van der Waals surface area contributed by atoms with Crippen LogP contribution in [0.4, 0.5) is 5.82 Å². The molecule has 0 aliphatic rings. The summed E-state index contributed by atoms with van der Waals surface area (Å²) in [6.07, 6.45) is 4.40. The minimum Gasteiger partial charge on any atom is -0.384 e. The summed E-state index contributed by atoms with van der Waals surface area (Å²) in [5.74, 6) is 0.0191. The number of aromatic nitrogens is 3. The molecule has 0 aromatic carbocycles. The Morgan fingerprint density at radius 3 is 3.00 bits per heavy atom. The van der Waals surface area contributed by atoms with Crippen molar-refractivity contribution in [3.05, 3.63) is 41.3 Å². The summed E-state index contributed by atoms with van der Waals surface area (Å²) in [6, 6.07) is 4.84. The highest BCUT2D eigenvalue weighted by atomic mass is 35.5. The van der Waals surface area contributed by atoms with Crippen LogP contribution in [0.2, 0.25) is 5.15 Å². The zero-order valence-electron chi connectivity index (χ0n) is 10.2. The number of hydrogen-bond acceptors (Lipinski definition) is 4. The summed E-state index contributed by atoms with van der Waals surface area (Å²) in [5, 5.41) is 7.08. The van der Waals surface area contributed by atoms with E-state index in [1.165, 1.54) is 12.1 Å². The minimum atomic E-state index is -0.212. The van der Waals surface area contributed by atoms with E-state index in [1.807, 2.05) is 16.9 Å². The van der Waals surface area contributed by atoms with E-state index in [-0.39, 0.29) is 16.9 Å². The van der Waals surface area contributed by atoms with Gasteiger partial charge in [0.15, 0.2) is 0 Å². The number of carbonyl (C=O) groups excluding carboxylic acids is 1. The molecule has 100 valence electrons. The number of halogens is 1. The van der Waals surface area contributed by atoms with Gasteiger partial charge in [0.1, 0.15) is 11.0 Å². The number of carbonyl (C=O) groups is 1. The maximum absolute atomic E-state index is 11.8. The third-order valence-corrected chi connectivity index (χ3v) is 2.68. The molecule has 0 aliphatic heterocycles. The van der Waals surface area contributed by atoms with Crippen molar-refractivity contribution in [2.24, 2.45) is 0 Å². The Balaban J connectivity index is 1.80. The number of nitrogen functional groups attached to an aromatic ring is 1. The molecule has 2 heterocycles. The third-order valence-electron chi connectivity index (χ3n) is 2.48. The third kappa shape index (κ3) is 3.96. The van der Waals surface area contributed by atoms with E-state index in [9.17, 15) is 4.79 Å². The number of pyridine rings is 1. The lowest BCUT2D eigenvalue weighted by Gasteiger charge is -2.06. The van der Waals surface area contributed by atoms with Crippen molar-refractivity contribution in [2.45, 2.75) is 13.0 Å². The molecule has 2 aromatic heterocycles. The molecule has 3 N–H and O–H groups in total. The molecule has 0 fully saturated rings. The van der Waals surface area contributed by atoms with E-state index in [0.717, 1.165) is 13.0 Å². The van der Waals surface area contributed by atoms with Crippen molar-refractivity contribution in [1.29, 1.82) is 0 Å². The van der Waals surface area contributed by atoms with Crippen LogP contribution in [0.1, 0.15) is 16.8 Å². The van der Waals surface area contributed by atoms with Crippen LogP contribution >= 0.6 is 11.6 Å². The Labute approximate surface area is 115 Å². The van der Waals surface area contributed by atoms with E-state index >= 15 is 0 Å². The standard InChI is InChI=1S/C12H14ClN5O/c13-10-7-9(8-11(14)17-10)12(19)15-3-1-5-18-6-2-4-16-18/h2,4,6-8H,1,3,5H2,(H2,14,17)(H,15,19). The van der Waals surface area contributed by atoms with Gasteiger partial charge in [0, 0.05) is 31.0 Å². The van der Waals surface area contributed by atoms with Gasteiger partial charge in [-0.2, -0.15) is 5.10 Å². The summed E-state index contributed by atoms with van der Waals surface area (Å²) in [6.45, 7) is 1.31. The molecule has 0 atom stereocenters. The number of rotatable bonds is 5. The molecule has 7 heteroatoms. The zero-order valence-corrected chi connectivity index (χ0v) is 11.0. The van der Waals surface area contributed by atoms with Crippen molar-refractivity contribution in [1.82, 2.24) is 20.1 Å². The number of nitrogens with two attached hydrogens (primary N) is 1. The smallest absolute Gasteiger partial charge is 0.251 e. The van der Waals surface area contributed by atoms with Gasteiger partial charge in [0.25, 0.3) is 5.91 Å². The van der Waals surface area contributed by atoms with Gasteiger partial charge >= 0.3 is 0 Å². The first kappa shape index (κ1) is 13.4. The van der Waals surface area contributed by atoms with Gasteiger partial charge < -0.3 is 11.1 Å². The number of hydrogen-bond donors (Lipinski definition) is 2. The molecule has 2 aromatic rings. The average molecular weight is 280 g/mol. The number of nitrogens with zero attached hydrogens (tertiary/aromatic N) is 3. The summed E-state index contributed by atoms with van der Waals surface area (Å²) < 4.78 is 1.81. The monoisotopic (exact) mass is 279 g/mol. The topological polar surface area (TPSA) is 85.8 Å². The van der Waals surface area contributed by atoms with Crippen molar-refractivity contribution >= 4 is 23.3 Å². The summed E-state index contributed by atoms with van der Waals surface area (Å²) in [5.41, 5.74) is 5.94. The Kier molecular flexibility index (Phi) is 4.35. The second kappa shape index (κ2) is 6.19. The summed E-state index contributed by atoms with van der Waals surface area (Å²) in [4.78, 5) is 15.6. The molecule has 0 bridgehead atoms. The molecule has 0 unspecified atom stereocenters. The lowest BCUT2D eigenvalue weighted by atomic mass is 10.2. The fourth-order valence-electron chi connectivity index (χ4n) is 1.63. The van der Waals surface area contributed by atoms with Gasteiger partial charge in [0.2, 0.25) is 0 Å². The summed E-state index contributed by atoms with van der Waals surface area (Å²) >= 11 is 5.74. The minimum absolute atomic E-state index is 0.210. The maximum atomic E-state index is 11.8. The second-order valence-corrected chi connectivity index (χ2v) is 4.37. The predicted molar refractivity (Wildman–Crippen MR) is 72.8 cm³/mol. The van der Waals surface area contributed by atoms with Gasteiger partial charge in [0.05, 0.1) is 0 Å². The SMILES string of the molecule is Nc1cc(C(=O)NCCCn2cccn2)cc(Cl)n1. The quantitative estimate of drug-likeness (QED) is 0.639. The molecule has 1 amide bonds. The fraction of sp³-hybridized carbons (Fsp3) is 0.250. The van der Waals surface area contributed by atoms with Crippen LogP contribution in [-0.4, -0.2) is 27.2 Å². The van der Waals surface area contributed by atoms with Gasteiger partial charge in [-0.15, -0.1) is 0 Å². The largest absolute Gasteiger partial charge is 0.384 e. The Morgan fingerprint density at radius 2 is 2.32 bits per heavy atom. The van der Waals surface area contributed by atoms with Gasteiger partial charge in [-0.05, 0) is 24.6 Å². The number of nitrogens with one attached hydrogen (secondary N) is 1. The van der Waals surface area contributed by atoms with Gasteiger partial charge in [-0.3, -0.25) is 9.48 Å². The van der Waals surface area contributed by atoms with Gasteiger partial charge in [-0.1, -0.05) is 11.6 Å². The first-order valence-electron chi connectivity index (χ1n) is 5.84. The lowest BCUT2D eigenvalue weighted by Crippen LogP contribution is -2.25. The molecule has 0 aliphatic carbocycles. The Morgan fingerprint density at radius 1 is 1.47 bits per heavy atom. The van der Waals surface area contributed by atoms with Crippen LogP contribution in [0.15, 0.2) is 30.6 Å². The van der Waals surface area contributed by atoms with Crippen LogP contribution in [0, 0.1) is 0 Å². The number of aryl methyl sites for hydroxylation is 1. The highest BCUT2D eigenvalue weighted by Gasteiger charge is 2.07. The first-order chi connectivity index (χ1) is 9.15.